The highest BCUT2D eigenvalue weighted by atomic mass is 79.9. The molecule has 1 heterocycles. The maximum Gasteiger partial charge on any atom is 0.0893 e. The number of hydrogen-bond acceptors (Lipinski definition) is 3. The van der Waals surface area contributed by atoms with Crippen LogP contribution in [0.4, 0.5) is 0 Å². The van der Waals surface area contributed by atoms with Gasteiger partial charge in [-0.2, -0.15) is 5.10 Å². The largest absolute Gasteiger partial charge is 0.271 e. The van der Waals surface area contributed by atoms with E-state index in [4.69, 9.17) is 17.4 Å². The van der Waals surface area contributed by atoms with Gasteiger partial charge >= 0.3 is 0 Å². The van der Waals surface area contributed by atoms with E-state index < -0.39 is 0 Å². The monoisotopic (exact) mass is 342 g/mol. The third-order valence-corrected chi connectivity index (χ3v) is 4.27. The van der Waals surface area contributed by atoms with Gasteiger partial charge in [-0.3, -0.25) is 10.5 Å². The molecule has 1 unspecified atom stereocenters. The van der Waals surface area contributed by atoms with Gasteiger partial charge in [0.15, 0.2) is 0 Å². The quantitative estimate of drug-likeness (QED) is 0.662. The third-order valence-electron chi connectivity index (χ3n) is 3.09. The Bertz CT molecular complexity index is 582. The van der Waals surface area contributed by atoms with Gasteiger partial charge in [0.2, 0.25) is 0 Å². The van der Waals surface area contributed by atoms with Gasteiger partial charge in [-0.05, 0) is 31.0 Å². The predicted octanol–water partition coefficient (Wildman–Crippen LogP) is 3.18. The molecule has 6 heteroatoms. The van der Waals surface area contributed by atoms with Crippen molar-refractivity contribution in [2.45, 2.75) is 26.4 Å². The summed E-state index contributed by atoms with van der Waals surface area (Å²) in [5.41, 5.74) is 5.91. The smallest absolute Gasteiger partial charge is 0.0893 e. The van der Waals surface area contributed by atoms with Crippen LogP contribution in [0.25, 0.3) is 0 Å². The van der Waals surface area contributed by atoms with Crippen LogP contribution < -0.4 is 11.3 Å². The molecular weight excluding hydrogens is 328 g/mol. The van der Waals surface area contributed by atoms with Crippen LogP contribution in [0.1, 0.15) is 29.8 Å². The van der Waals surface area contributed by atoms with Crippen molar-refractivity contribution in [2.24, 2.45) is 5.84 Å². The Labute approximate surface area is 126 Å². The van der Waals surface area contributed by atoms with E-state index in [-0.39, 0.29) is 6.04 Å². The lowest BCUT2D eigenvalue weighted by atomic mass is 10.0. The minimum atomic E-state index is -0.179. The molecule has 1 aromatic carbocycles. The van der Waals surface area contributed by atoms with E-state index in [2.05, 4.69) is 32.5 Å². The lowest BCUT2D eigenvalue weighted by Gasteiger charge is -2.19. The molecule has 1 atom stereocenters. The fourth-order valence-corrected chi connectivity index (χ4v) is 2.59. The zero-order chi connectivity index (χ0) is 14.0. The van der Waals surface area contributed by atoms with Crippen LogP contribution in [0.3, 0.4) is 0 Å². The second-order valence-electron chi connectivity index (χ2n) is 4.30. The normalized spacial score (nSPS) is 12.7. The average molecular weight is 344 g/mol. The number of nitrogens with zero attached hydrogens (tertiary/aromatic N) is 2. The van der Waals surface area contributed by atoms with Gasteiger partial charge in [-0.25, -0.2) is 5.43 Å². The molecule has 0 aliphatic heterocycles. The highest BCUT2D eigenvalue weighted by molar-refractivity contribution is 9.10. The zero-order valence-electron chi connectivity index (χ0n) is 10.8. The third kappa shape index (κ3) is 2.84. The number of hydrogen-bond donors (Lipinski definition) is 2. The van der Waals surface area contributed by atoms with E-state index in [1.807, 2.05) is 30.7 Å². The molecule has 0 fully saturated rings. The Balaban J connectivity index is 2.49. The number of benzene rings is 1. The molecule has 0 bridgehead atoms. The lowest BCUT2D eigenvalue weighted by molar-refractivity contribution is 0.543. The fraction of sp³-hybridized carbons (Fsp3) is 0.308. The van der Waals surface area contributed by atoms with Gasteiger partial charge in [0, 0.05) is 11.0 Å². The maximum absolute atomic E-state index is 6.23. The summed E-state index contributed by atoms with van der Waals surface area (Å²) in [5.74, 6) is 5.72. The molecule has 0 spiro atoms. The second kappa shape index (κ2) is 6.05. The molecule has 0 aliphatic carbocycles. The standard InChI is InChI=1S/C13H16BrClN4/c1-3-19-13(11(15)7-17-19)12(18-16)9-4-5-10(14)8(2)6-9/h4-7,12,18H,3,16H2,1-2H3. The molecule has 3 N–H and O–H groups in total. The van der Waals surface area contributed by atoms with Crippen LogP contribution in [-0.4, -0.2) is 9.78 Å². The summed E-state index contributed by atoms with van der Waals surface area (Å²) in [6, 6.07) is 5.93. The summed E-state index contributed by atoms with van der Waals surface area (Å²) in [4.78, 5) is 0. The van der Waals surface area contributed by atoms with Crippen LogP contribution in [0.15, 0.2) is 28.9 Å². The van der Waals surface area contributed by atoms with Crippen molar-refractivity contribution < 1.29 is 0 Å². The van der Waals surface area contributed by atoms with Crippen molar-refractivity contribution in [3.8, 4) is 0 Å². The van der Waals surface area contributed by atoms with Crippen LogP contribution >= 0.6 is 27.5 Å². The number of rotatable bonds is 4. The fourth-order valence-electron chi connectivity index (χ4n) is 2.09. The Morgan fingerprint density at radius 3 is 2.84 bits per heavy atom. The molecule has 0 aliphatic rings. The first-order valence-electron chi connectivity index (χ1n) is 6.01. The maximum atomic E-state index is 6.23. The van der Waals surface area contributed by atoms with Crippen LogP contribution in [0, 0.1) is 6.92 Å². The number of hydrazine groups is 1. The molecule has 0 saturated heterocycles. The first kappa shape index (κ1) is 14.5. The summed E-state index contributed by atoms with van der Waals surface area (Å²) in [7, 11) is 0. The molecule has 0 saturated carbocycles. The molecule has 2 aromatic rings. The molecule has 0 amide bonds. The first-order valence-corrected chi connectivity index (χ1v) is 7.19. The van der Waals surface area contributed by atoms with Gasteiger partial charge in [0.25, 0.3) is 0 Å². The topological polar surface area (TPSA) is 55.9 Å². The van der Waals surface area contributed by atoms with Crippen molar-refractivity contribution >= 4 is 27.5 Å². The minimum Gasteiger partial charge on any atom is -0.271 e. The Morgan fingerprint density at radius 1 is 1.53 bits per heavy atom. The molecule has 1 aromatic heterocycles. The Kier molecular flexibility index (Phi) is 4.62. The van der Waals surface area contributed by atoms with Gasteiger partial charge < -0.3 is 0 Å². The number of nitrogens with one attached hydrogen (secondary N) is 1. The van der Waals surface area contributed by atoms with E-state index >= 15 is 0 Å². The molecule has 0 radical (unpaired) electrons. The van der Waals surface area contributed by atoms with Crippen molar-refractivity contribution in [1.29, 1.82) is 0 Å². The number of aromatic nitrogens is 2. The minimum absolute atomic E-state index is 0.179. The molecule has 19 heavy (non-hydrogen) atoms. The second-order valence-corrected chi connectivity index (χ2v) is 5.56. The van der Waals surface area contributed by atoms with E-state index in [0.29, 0.717) is 5.02 Å². The van der Waals surface area contributed by atoms with E-state index in [1.165, 1.54) is 0 Å². The van der Waals surface area contributed by atoms with E-state index in [9.17, 15) is 0 Å². The van der Waals surface area contributed by atoms with Gasteiger partial charge in [0.05, 0.1) is 23.0 Å². The zero-order valence-corrected chi connectivity index (χ0v) is 13.2. The summed E-state index contributed by atoms with van der Waals surface area (Å²) >= 11 is 9.73. The highest BCUT2D eigenvalue weighted by Gasteiger charge is 2.21. The SMILES string of the molecule is CCn1ncc(Cl)c1C(NN)c1ccc(Br)c(C)c1. The Morgan fingerprint density at radius 2 is 2.26 bits per heavy atom. The lowest BCUT2D eigenvalue weighted by Crippen LogP contribution is -2.31. The van der Waals surface area contributed by atoms with Gasteiger partial charge in [-0.15, -0.1) is 0 Å². The van der Waals surface area contributed by atoms with Crippen LogP contribution in [0.2, 0.25) is 5.02 Å². The Hall–Kier alpha value is -0.880. The van der Waals surface area contributed by atoms with Crippen LogP contribution in [-0.2, 0) is 6.54 Å². The summed E-state index contributed by atoms with van der Waals surface area (Å²) in [6.45, 7) is 4.81. The van der Waals surface area contributed by atoms with E-state index in [1.54, 1.807) is 6.20 Å². The van der Waals surface area contributed by atoms with Crippen molar-refractivity contribution in [2.75, 3.05) is 0 Å². The molecular formula is C13H16BrClN4. The molecule has 102 valence electrons. The van der Waals surface area contributed by atoms with E-state index in [0.717, 1.165) is 27.8 Å². The van der Waals surface area contributed by atoms with Gasteiger partial charge in [-0.1, -0.05) is 39.7 Å². The highest BCUT2D eigenvalue weighted by Crippen LogP contribution is 2.29. The number of halogens is 2. The average Bonchev–Trinajstić information content (AvgIpc) is 2.76. The predicted molar refractivity (Wildman–Crippen MR) is 81.0 cm³/mol. The van der Waals surface area contributed by atoms with Gasteiger partial charge in [0.1, 0.15) is 0 Å². The summed E-state index contributed by atoms with van der Waals surface area (Å²) in [5, 5.41) is 4.86. The molecule has 2 rings (SSSR count). The first-order chi connectivity index (χ1) is 9.08. The summed E-state index contributed by atoms with van der Waals surface area (Å²) in [6.07, 6.45) is 1.65. The van der Waals surface area contributed by atoms with Crippen molar-refractivity contribution in [1.82, 2.24) is 15.2 Å². The number of nitrogens with two attached hydrogens (primary N) is 1. The molecule has 4 nitrogen and oxygen atoms in total. The summed E-state index contributed by atoms with van der Waals surface area (Å²) < 4.78 is 2.92. The van der Waals surface area contributed by atoms with Crippen molar-refractivity contribution in [3.63, 3.8) is 0 Å². The van der Waals surface area contributed by atoms with Crippen molar-refractivity contribution in [3.05, 3.63) is 50.7 Å². The van der Waals surface area contributed by atoms with Crippen LogP contribution in [0.5, 0.6) is 0 Å². The number of aryl methyl sites for hydroxylation is 2.